The molecule has 4 aromatic rings. The summed E-state index contributed by atoms with van der Waals surface area (Å²) >= 11 is 0. The van der Waals surface area contributed by atoms with Crippen molar-refractivity contribution in [2.75, 3.05) is 19.7 Å². The van der Waals surface area contributed by atoms with Crippen molar-refractivity contribution in [2.24, 2.45) is 0 Å². The van der Waals surface area contributed by atoms with Crippen LogP contribution in [0.5, 0.6) is 5.88 Å². The van der Waals surface area contributed by atoms with Gasteiger partial charge in [0.2, 0.25) is 5.88 Å². The fourth-order valence-corrected chi connectivity index (χ4v) is 5.48. The number of likely N-dealkylation sites (tertiary alicyclic amines) is 1. The van der Waals surface area contributed by atoms with Crippen LogP contribution in [0.25, 0.3) is 11.0 Å². The number of halogens is 1. The van der Waals surface area contributed by atoms with Crippen molar-refractivity contribution < 1.29 is 23.8 Å². The van der Waals surface area contributed by atoms with Gasteiger partial charge in [0.1, 0.15) is 18.2 Å². The number of nitriles is 1. The van der Waals surface area contributed by atoms with Gasteiger partial charge in [0, 0.05) is 37.0 Å². The van der Waals surface area contributed by atoms with Crippen LogP contribution < -0.4 is 4.74 Å². The van der Waals surface area contributed by atoms with E-state index < -0.39 is 11.8 Å². The van der Waals surface area contributed by atoms with Crippen LogP contribution in [-0.4, -0.2) is 61.1 Å². The van der Waals surface area contributed by atoms with Gasteiger partial charge in [-0.05, 0) is 56.5 Å². The summed E-state index contributed by atoms with van der Waals surface area (Å²) in [7, 11) is 0. The first kappa shape index (κ1) is 26.9. The molecule has 11 heteroatoms. The van der Waals surface area contributed by atoms with E-state index in [4.69, 9.17) is 19.7 Å². The molecule has 0 amide bonds. The van der Waals surface area contributed by atoms with Gasteiger partial charge in [0.25, 0.3) is 0 Å². The molecule has 2 fully saturated rings. The molecule has 1 atom stereocenters. The lowest BCUT2D eigenvalue weighted by atomic mass is 10.1. The monoisotopic (exact) mass is 558 g/mol. The van der Waals surface area contributed by atoms with Gasteiger partial charge in [-0.3, -0.25) is 9.58 Å². The highest BCUT2D eigenvalue weighted by Gasteiger charge is 2.26. The summed E-state index contributed by atoms with van der Waals surface area (Å²) in [4.78, 5) is 18.8. The normalized spacial score (nSPS) is 17.8. The van der Waals surface area contributed by atoms with E-state index in [9.17, 15) is 14.3 Å². The van der Waals surface area contributed by atoms with Crippen molar-refractivity contribution in [2.45, 2.75) is 58.0 Å². The minimum atomic E-state index is -0.952. The molecule has 0 spiro atoms. The van der Waals surface area contributed by atoms with Gasteiger partial charge in [-0.15, -0.1) is 5.10 Å². The average molecular weight is 559 g/mol. The first-order chi connectivity index (χ1) is 19.9. The number of carbonyl (C=O) groups is 1. The maximum atomic E-state index is 14.3. The minimum Gasteiger partial charge on any atom is -0.478 e. The third-order valence-corrected chi connectivity index (χ3v) is 7.97. The van der Waals surface area contributed by atoms with Crippen LogP contribution in [0.3, 0.4) is 0 Å². The maximum Gasteiger partial charge on any atom is 0.335 e. The van der Waals surface area contributed by atoms with Crippen molar-refractivity contribution in [1.29, 1.82) is 5.26 Å². The summed E-state index contributed by atoms with van der Waals surface area (Å²) < 4.78 is 29.8. The van der Waals surface area contributed by atoms with Gasteiger partial charge in [-0.2, -0.15) is 5.26 Å². The Hall–Kier alpha value is -4.27. The van der Waals surface area contributed by atoms with Crippen molar-refractivity contribution in [3.63, 3.8) is 0 Å². The zero-order valence-electron chi connectivity index (χ0n) is 22.8. The number of aromatic nitrogens is 4. The number of imidazole rings is 1. The van der Waals surface area contributed by atoms with Crippen LogP contribution in [0.15, 0.2) is 42.6 Å². The highest BCUT2D eigenvalue weighted by atomic mass is 19.1. The lowest BCUT2D eigenvalue weighted by molar-refractivity contribution is -0.0592. The number of rotatable bonds is 9. The number of carboxylic acids is 1. The lowest BCUT2D eigenvalue weighted by Crippen LogP contribution is -2.36. The largest absolute Gasteiger partial charge is 0.478 e. The van der Waals surface area contributed by atoms with Crippen LogP contribution in [0.2, 0.25) is 0 Å². The molecule has 212 valence electrons. The smallest absolute Gasteiger partial charge is 0.335 e. The van der Waals surface area contributed by atoms with E-state index in [2.05, 4.69) is 14.6 Å². The van der Waals surface area contributed by atoms with Crippen molar-refractivity contribution in [3.05, 3.63) is 76.5 Å². The second-order valence-electron chi connectivity index (χ2n) is 10.7. The van der Waals surface area contributed by atoms with E-state index in [1.165, 1.54) is 6.07 Å². The summed E-state index contributed by atoms with van der Waals surface area (Å²) in [5.41, 5.74) is 3.40. The van der Waals surface area contributed by atoms with Gasteiger partial charge in [-0.1, -0.05) is 6.07 Å². The summed E-state index contributed by atoms with van der Waals surface area (Å²) in [5.74, 6) is -0.0300. The summed E-state index contributed by atoms with van der Waals surface area (Å²) in [5, 5.41) is 23.1. The highest BCUT2D eigenvalue weighted by molar-refractivity contribution is 5.92. The third kappa shape index (κ3) is 5.66. The molecular weight excluding hydrogens is 527 g/mol. The van der Waals surface area contributed by atoms with E-state index in [1.54, 1.807) is 30.3 Å². The quantitative estimate of drug-likeness (QED) is 0.320. The van der Waals surface area contributed by atoms with Gasteiger partial charge in [0.05, 0.1) is 53.5 Å². The predicted molar refractivity (Wildman–Crippen MR) is 147 cm³/mol. The van der Waals surface area contributed by atoms with E-state index in [0.717, 1.165) is 61.4 Å². The van der Waals surface area contributed by atoms with Crippen molar-refractivity contribution in [1.82, 2.24) is 24.2 Å². The van der Waals surface area contributed by atoms with Gasteiger partial charge < -0.3 is 19.1 Å². The van der Waals surface area contributed by atoms with Crippen molar-refractivity contribution in [3.8, 4) is 11.9 Å². The molecule has 0 radical (unpaired) electrons. The zero-order valence-corrected chi connectivity index (χ0v) is 22.8. The number of aryl methyl sites for hydroxylation is 1. The summed E-state index contributed by atoms with van der Waals surface area (Å²) in [6.45, 7) is 5.77. The molecule has 41 heavy (non-hydrogen) atoms. The van der Waals surface area contributed by atoms with Crippen LogP contribution in [-0.2, 0) is 24.4 Å². The molecule has 10 nitrogen and oxygen atoms in total. The minimum absolute atomic E-state index is 0.0364. The molecule has 2 saturated heterocycles. The number of benzene rings is 2. The standard InChI is InChI=1S/C30H31FN6O4/c1-19-15-37(34-29(19)41-18-22-3-2-20(14-32)12-25(22)31)23-6-9-35(10-7-23)17-28-33-26-5-4-21(30(38)39)13-27(26)36(28)16-24-8-11-40-24/h2-5,12-13,15,23-24H,6-11,16-18H2,1H3,(H,38,39). The second-order valence-corrected chi connectivity index (χ2v) is 10.7. The molecule has 2 aliphatic heterocycles. The zero-order chi connectivity index (χ0) is 28.5. The Kier molecular flexibility index (Phi) is 7.43. The molecule has 1 N–H and O–H groups in total. The number of ether oxygens (including phenoxy) is 2. The Morgan fingerprint density at radius 2 is 2.02 bits per heavy atom. The fourth-order valence-electron chi connectivity index (χ4n) is 5.48. The topological polar surface area (TPSA) is 118 Å². The number of carboxylic acid groups (broad SMARTS) is 1. The first-order valence-electron chi connectivity index (χ1n) is 13.8. The maximum absolute atomic E-state index is 14.3. The number of fused-ring (bicyclic) bond motifs is 1. The number of aromatic carboxylic acids is 1. The van der Waals surface area contributed by atoms with Gasteiger partial charge >= 0.3 is 5.97 Å². The predicted octanol–water partition coefficient (Wildman–Crippen LogP) is 4.46. The Morgan fingerprint density at radius 3 is 2.71 bits per heavy atom. The van der Waals surface area contributed by atoms with E-state index in [0.29, 0.717) is 24.5 Å². The molecule has 2 aliphatic rings. The first-order valence-corrected chi connectivity index (χ1v) is 13.8. The number of hydrogen-bond acceptors (Lipinski definition) is 7. The van der Waals surface area contributed by atoms with E-state index >= 15 is 0 Å². The summed E-state index contributed by atoms with van der Waals surface area (Å²) in [6.07, 6.45) is 4.89. The lowest BCUT2D eigenvalue weighted by Gasteiger charge is -2.32. The van der Waals surface area contributed by atoms with Gasteiger partial charge in [-0.25, -0.2) is 14.2 Å². The molecule has 0 bridgehead atoms. The summed E-state index contributed by atoms with van der Waals surface area (Å²) in [6, 6.07) is 11.6. The molecule has 0 aliphatic carbocycles. The highest BCUT2D eigenvalue weighted by Crippen LogP contribution is 2.28. The molecule has 2 aromatic carbocycles. The average Bonchev–Trinajstić information content (AvgIpc) is 3.49. The van der Waals surface area contributed by atoms with Crippen molar-refractivity contribution >= 4 is 17.0 Å². The Morgan fingerprint density at radius 1 is 1.22 bits per heavy atom. The van der Waals surface area contributed by atoms with E-state index in [1.807, 2.05) is 23.9 Å². The molecule has 4 heterocycles. The molecule has 6 rings (SSSR count). The number of piperidine rings is 1. The second kappa shape index (κ2) is 11.3. The Bertz CT molecular complexity index is 1630. The molecule has 2 aromatic heterocycles. The third-order valence-electron chi connectivity index (χ3n) is 7.97. The molecule has 0 saturated carbocycles. The fraction of sp³-hybridized carbons (Fsp3) is 0.400. The van der Waals surface area contributed by atoms with E-state index in [-0.39, 0.29) is 29.9 Å². The Labute approximate surface area is 236 Å². The Balaban J connectivity index is 1.10. The van der Waals surface area contributed by atoms with Crippen LogP contribution in [0.4, 0.5) is 4.39 Å². The number of nitrogens with zero attached hydrogens (tertiary/aromatic N) is 6. The van der Waals surface area contributed by atoms with Crippen LogP contribution in [0, 0.1) is 24.1 Å². The van der Waals surface area contributed by atoms with Crippen LogP contribution >= 0.6 is 0 Å². The molecular formula is C30H31FN6O4. The van der Waals surface area contributed by atoms with Crippen LogP contribution in [0.1, 0.15) is 58.2 Å². The van der Waals surface area contributed by atoms with Gasteiger partial charge in [0.15, 0.2) is 0 Å². The SMILES string of the molecule is Cc1cn(C2CCN(Cc3nc4ccc(C(=O)O)cc4n3CC3CCO3)CC2)nc1OCc1ccc(C#N)cc1F. The number of hydrogen-bond donors (Lipinski definition) is 1. The molecule has 1 unspecified atom stereocenters.